The first kappa shape index (κ1) is 15.0. The molecule has 0 atom stereocenters. The first-order valence-electron chi connectivity index (χ1n) is 6.96. The van der Waals surface area contributed by atoms with E-state index in [-0.39, 0.29) is 5.91 Å². The Balaban J connectivity index is 2.32. The lowest BCUT2D eigenvalue weighted by Gasteiger charge is -2.41. The van der Waals surface area contributed by atoms with Crippen molar-refractivity contribution < 1.29 is 14.7 Å². The second-order valence-corrected chi connectivity index (χ2v) is 6.68. The molecule has 1 fully saturated rings. The van der Waals surface area contributed by atoms with E-state index in [1.54, 1.807) is 7.05 Å². The van der Waals surface area contributed by atoms with Crippen LogP contribution in [0.4, 0.5) is 0 Å². The molecule has 20 heavy (non-hydrogen) atoms. The van der Waals surface area contributed by atoms with E-state index in [2.05, 4.69) is 0 Å². The predicted octanol–water partition coefficient (Wildman–Crippen LogP) is 3.22. The van der Waals surface area contributed by atoms with Crippen LogP contribution in [-0.2, 0) is 4.79 Å². The minimum Gasteiger partial charge on any atom is -0.479 e. The molecule has 1 heterocycles. The average Bonchev–Trinajstić information content (AvgIpc) is 2.78. The lowest BCUT2D eigenvalue weighted by Crippen LogP contribution is -2.56. The van der Waals surface area contributed by atoms with Gasteiger partial charge in [-0.2, -0.15) is 0 Å². The second kappa shape index (κ2) is 5.56. The van der Waals surface area contributed by atoms with Gasteiger partial charge in [-0.05, 0) is 32.3 Å². The number of carboxylic acids is 1. The number of thiophene rings is 1. The average molecular weight is 295 g/mol. The van der Waals surface area contributed by atoms with Crippen LogP contribution in [0.2, 0.25) is 0 Å². The van der Waals surface area contributed by atoms with Crippen LogP contribution in [0, 0.1) is 13.8 Å². The largest absolute Gasteiger partial charge is 0.479 e. The standard InChI is InChI=1S/C15H21NO3S/c1-10-11(2)20-9-12(10)13(17)16(3)15(14(18)19)7-5-4-6-8-15/h9H,4-8H2,1-3H3,(H,18,19). The minimum absolute atomic E-state index is 0.170. The van der Waals surface area contributed by atoms with Crippen LogP contribution >= 0.6 is 11.3 Å². The van der Waals surface area contributed by atoms with Crippen LogP contribution in [0.5, 0.6) is 0 Å². The summed E-state index contributed by atoms with van der Waals surface area (Å²) in [6.45, 7) is 3.89. The van der Waals surface area contributed by atoms with Crippen molar-refractivity contribution in [3.05, 3.63) is 21.4 Å². The quantitative estimate of drug-likeness (QED) is 0.931. The molecule has 0 aliphatic heterocycles. The number of hydrogen-bond donors (Lipinski definition) is 1. The molecular weight excluding hydrogens is 274 g/mol. The smallest absolute Gasteiger partial charge is 0.329 e. The summed E-state index contributed by atoms with van der Waals surface area (Å²) < 4.78 is 0. The maximum absolute atomic E-state index is 12.7. The number of aliphatic carboxylic acids is 1. The molecule has 5 heteroatoms. The molecule has 1 aromatic heterocycles. The molecule has 1 amide bonds. The predicted molar refractivity (Wildman–Crippen MR) is 79.3 cm³/mol. The van der Waals surface area contributed by atoms with Crippen LogP contribution in [-0.4, -0.2) is 34.5 Å². The van der Waals surface area contributed by atoms with Gasteiger partial charge >= 0.3 is 5.97 Å². The van der Waals surface area contributed by atoms with E-state index in [1.165, 1.54) is 16.2 Å². The Morgan fingerprint density at radius 1 is 1.25 bits per heavy atom. The normalized spacial score (nSPS) is 17.8. The summed E-state index contributed by atoms with van der Waals surface area (Å²) in [6, 6.07) is 0. The third-order valence-corrected chi connectivity index (χ3v) is 5.55. The molecule has 1 aliphatic rings. The third-order valence-electron chi connectivity index (χ3n) is 4.54. The monoisotopic (exact) mass is 295 g/mol. The summed E-state index contributed by atoms with van der Waals surface area (Å²) in [5, 5.41) is 11.5. The molecule has 0 spiro atoms. The van der Waals surface area contributed by atoms with Crippen LogP contribution in [0.25, 0.3) is 0 Å². The van der Waals surface area contributed by atoms with E-state index in [0.717, 1.165) is 29.7 Å². The van der Waals surface area contributed by atoms with Crippen molar-refractivity contribution in [2.75, 3.05) is 7.05 Å². The summed E-state index contributed by atoms with van der Waals surface area (Å²) in [6.07, 6.45) is 3.88. The molecule has 110 valence electrons. The number of carboxylic acid groups (broad SMARTS) is 1. The Kier molecular flexibility index (Phi) is 4.18. The molecule has 4 nitrogen and oxygen atoms in total. The van der Waals surface area contributed by atoms with Gasteiger partial charge in [0, 0.05) is 17.3 Å². The minimum atomic E-state index is -1.03. The highest BCUT2D eigenvalue weighted by Crippen LogP contribution is 2.35. The number of amides is 1. The molecule has 1 aliphatic carbocycles. The van der Waals surface area contributed by atoms with Gasteiger partial charge in [0.2, 0.25) is 0 Å². The van der Waals surface area contributed by atoms with Gasteiger partial charge in [-0.3, -0.25) is 4.79 Å². The molecule has 1 saturated carbocycles. The van der Waals surface area contributed by atoms with Gasteiger partial charge in [-0.1, -0.05) is 19.3 Å². The van der Waals surface area contributed by atoms with Crippen molar-refractivity contribution in [3.63, 3.8) is 0 Å². The van der Waals surface area contributed by atoms with Gasteiger partial charge in [0.25, 0.3) is 5.91 Å². The van der Waals surface area contributed by atoms with E-state index >= 15 is 0 Å². The van der Waals surface area contributed by atoms with Gasteiger partial charge in [0.15, 0.2) is 0 Å². The van der Waals surface area contributed by atoms with Crippen molar-refractivity contribution in [3.8, 4) is 0 Å². The summed E-state index contributed by atoms with van der Waals surface area (Å²) in [4.78, 5) is 27.0. The number of carbonyl (C=O) groups excluding carboxylic acids is 1. The first-order valence-corrected chi connectivity index (χ1v) is 7.84. The highest BCUT2D eigenvalue weighted by molar-refractivity contribution is 7.10. The van der Waals surface area contributed by atoms with E-state index in [9.17, 15) is 14.7 Å². The Bertz CT molecular complexity index is 529. The number of hydrogen-bond acceptors (Lipinski definition) is 3. The van der Waals surface area contributed by atoms with E-state index in [0.29, 0.717) is 18.4 Å². The molecule has 0 aromatic carbocycles. The molecule has 1 aromatic rings. The van der Waals surface area contributed by atoms with Gasteiger partial charge in [0.1, 0.15) is 5.54 Å². The molecular formula is C15H21NO3S. The first-order chi connectivity index (χ1) is 9.40. The van der Waals surface area contributed by atoms with E-state index < -0.39 is 11.5 Å². The van der Waals surface area contributed by atoms with Crippen LogP contribution in [0.1, 0.15) is 52.9 Å². The van der Waals surface area contributed by atoms with Gasteiger partial charge in [-0.25, -0.2) is 4.79 Å². The molecule has 0 bridgehead atoms. The summed E-state index contributed by atoms with van der Waals surface area (Å²) >= 11 is 1.54. The molecule has 0 saturated heterocycles. The number of rotatable bonds is 3. The second-order valence-electron chi connectivity index (χ2n) is 5.59. The highest BCUT2D eigenvalue weighted by Gasteiger charge is 2.45. The summed E-state index contributed by atoms with van der Waals surface area (Å²) in [5.74, 6) is -1.05. The number of aryl methyl sites for hydroxylation is 1. The topological polar surface area (TPSA) is 57.6 Å². The number of nitrogens with zero attached hydrogens (tertiary/aromatic N) is 1. The fraction of sp³-hybridized carbons (Fsp3) is 0.600. The molecule has 1 N–H and O–H groups in total. The Morgan fingerprint density at radius 3 is 2.30 bits per heavy atom. The van der Waals surface area contributed by atoms with Crippen molar-refractivity contribution in [2.45, 2.75) is 51.5 Å². The zero-order valence-corrected chi connectivity index (χ0v) is 13.0. The molecule has 2 rings (SSSR count). The maximum Gasteiger partial charge on any atom is 0.329 e. The Labute approximate surface area is 123 Å². The van der Waals surface area contributed by atoms with Gasteiger partial charge < -0.3 is 10.0 Å². The lowest BCUT2D eigenvalue weighted by atomic mass is 9.80. The number of likely N-dealkylation sites (N-methyl/N-ethyl adjacent to an activating group) is 1. The Morgan fingerprint density at radius 2 is 1.85 bits per heavy atom. The van der Waals surface area contributed by atoms with Crippen molar-refractivity contribution >= 4 is 23.2 Å². The highest BCUT2D eigenvalue weighted by atomic mass is 32.1. The van der Waals surface area contributed by atoms with Crippen LogP contribution in [0.15, 0.2) is 5.38 Å². The lowest BCUT2D eigenvalue weighted by molar-refractivity contribution is -0.151. The molecule has 0 unspecified atom stereocenters. The fourth-order valence-electron chi connectivity index (χ4n) is 2.93. The van der Waals surface area contributed by atoms with Crippen molar-refractivity contribution in [2.24, 2.45) is 0 Å². The Hall–Kier alpha value is -1.36. The van der Waals surface area contributed by atoms with Crippen LogP contribution in [0.3, 0.4) is 0 Å². The SMILES string of the molecule is Cc1scc(C(=O)N(C)C2(C(=O)O)CCCCC2)c1C. The molecule has 0 radical (unpaired) electrons. The van der Waals surface area contributed by atoms with E-state index in [1.807, 2.05) is 19.2 Å². The maximum atomic E-state index is 12.7. The van der Waals surface area contributed by atoms with Crippen LogP contribution < -0.4 is 0 Å². The van der Waals surface area contributed by atoms with Gasteiger partial charge in [0.05, 0.1) is 5.56 Å². The summed E-state index contributed by atoms with van der Waals surface area (Å²) in [7, 11) is 1.63. The zero-order chi connectivity index (χ0) is 14.9. The van der Waals surface area contributed by atoms with Gasteiger partial charge in [-0.15, -0.1) is 11.3 Å². The van der Waals surface area contributed by atoms with E-state index in [4.69, 9.17) is 0 Å². The third kappa shape index (κ3) is 2.35. The van der Waals surface area contributed by atoms with Crippen molar-refractivity contribution in [1.29, 1.82) is 0 Å². The van der Waals surface area contributed by atoms with Crippen molar-refractivity contribution in [1.82, 2.24) is 4.90 Å². The fourth-order valence-corrected chi connectivity index (χ4v) is 3.79. The summed E-state index contributed by atoms with van der Waals surface area (Å²) in [5.41, 5.74) is 0.571. The number of carbonyl (C=O) groups is 2. The zero-order valence-electron chi connectivity index (χ0n) is 12.2.